The molecule has 0 aliphatic rings. The highest BCUT2D eigenvalue weighted by Crippen LogP contribution is 2.28. The van der Waals surface area contributed by atoms with Crippen molar-refractivity contribution in [3.05, 3.63) is 35.4 Å². The second kappa shape index (κ2) is 3.47. The molecule has 0 aliphatic heterocycles. The first-order valence-corrected chi connectivity index (χ1v) is 4.82. The van der Waals surface area contributed by atoms with Crippen LogP contribution in [0.4, 0.5) is 11.4 Å². The molecule has 0 amide bonds. The Balaban J connectivity index is 2.64. The van der Waals surface area contributed by atoms with Crippen LogP contribution in [0.15, 0.2) is 24.5 Å². The summed E-state index contributed by atoms with van der Waals surface area (Å²) in [6.07, 6.45) is 3.53. The minimum absolute atomic E-state index is 0.488. The monoisotopic (exact) mass is 222 g/mol. The van der Waals surface area contributed by atoms with Crippen molar-refractivity contribution < 1.29 is 0 Å². The number of nitrogen functional groups attached to an aromatic ring is 2. The molecule has 4 N–H and O–H groups in total. The number of imidazole rings is 1. The number of benzene rings is 1. The minimum atomic E-state index is 0.488. The third-order valence-electron chi connectivity index (χ3n) is 2.24. The van der Waals surface area contributed by atoms with Crippen molar-refractivity contribution >= 4 is 23.0 Å². The molecule has 1 aromatic heterocycles. The average molecular weight is 223 g/mol. The predicted molar refractivity (Wildman–Crippen MR) is 62.1 cm³/mol. The summed E-state index contributed by atoms with van der Waals surface area (Å²) in [6.45, 7) is 1.89. The van der Waals surface area contributed by atoms with Crippen molar-refractivity contribution in [1.29, 1.82) is 0 Å². The fraction of sp³-hybridized carbons (Fsp3) is 0.100. The van der Waals surface area contributed by atoms with Gasteiger partial charge in [-0.15, -0.1) is 0 Å². The number of halogens is 1. The first-order chi connectivity index (χ1) is 7.09. The van der Waals surface area contributed by atoms with Crippen LogP contribution in [0, 0.1) is 6.92 Å². The maximum atomic E-state index is 6.08. The van der Waals surface area contributed by atoms with Crippen LogP contribution in [-0.2, 0) is 0 Å². The summed E-state index contributed by atoms with van der Waals surface area (Å²) in [6, 6.07) is 3.39. The highest BCUT2D eigenvalue weighted by molar-refractivity contribution is 6.32. The van der Waals surface area contributed by atoms with E-state index in [0.717, 1.165) is 11.5 Å². The molecule has 78 valence electrons. The van der Waals surface area contributed by atoms with Crippen molar-refractivity contribution in [2.24, 2.45) is 0 Å². The molecular formula is C10H11ClN4. The topological polar surface area (TPSA) is 69.9 Å². The molecule has 5 heteroatoms. The number of rotatable bonds is 1. The van der Waals surface area contributed by atoms with Gasteiger partial charge in [-0.1, -0.05) is 11.6 Å². The van der Waals surface area contributed by atoms with Gasteiger partial charge in [-0.3, -0.25) is 0 Å². The van der Waals surface area contributed by atoms with Crippen LogP contribution >= 0.6 is 11.6 Å². The van der Waals surface area contributed by atoms with Crippen LogP contribution in [0.1, 0.15) is 5.82 Å². The quantitative estimate of drug-likeness (QED) is 0.725. The standard InChI is InChI=1S/C10H11ClN4/c1-6-14-2-3-15(6)10-5-9(13)8(12)4-7(10)11/h2-5H,12-13H2,1H3. The lowest BCUT2D eigenvalue weighted by atomic mass is 10.2. The first-order valence-electron chi connectivity index (χ1n) is 4.44. The fourth-order valence-electron chi connectivity index (χ4n) is 1.41. The van der Waals surface area contributed by atoms with Crippen LogP contribution in [0.3, 0.4) is 0 Å². The third-order valence-corrected chi connectivity index (χ3v) is 2.54. The van der Waals surface area contributed by atoms with Gasteiger partial charge in [0.15, 0.2) is 0 Å². The molecule has 0 atom stereocenters. The molecule has 2 rings (SSSR count). The highest BCUT2D eigenvalue weighted by Gasteiger charge is 2.08. The van der Waals surface area contributed by atoms with E-state index in [1.807, 2.05) is 17.7 Å². The van der Waals surface area contributed by atoms with E-state index in [4.69, 9.17) is 23.1 Å². The lowest BCUT2D eigenvalue weighted by Crippen LogP contribution is -2.01. The third kappa shape index (κ3) is 1.64. The van der Waals surface area contributed by atoms with Crippen LogP contribution in [0.2, 0.25) is 5.02 Å². The van der Waals surface area contributed by atoms with E-state index < -0.39 is 0 Å². The zero-order valence-electron chi connectivity index (χ0n) is 8.24. The van der Waals surface area contributed by atoms with Crippen LogP contribution < -0.4 is 11.5 Å². The SMILES string of the molecule is Cc1nccn1-c1cc(N)c(N)cc1Cl. The molecule has 1 aromatic carbocycles. The molecule has 15 heavy (non-hydrogen) atoms. The average Bonchev–Trinajstić information content (AvgIpc) is 2.58. The molecule has 0 radical (unpaired) electrons. The number of nitrogens with zero attached hydrogens (tertiary/aromatic N) is 2. The van der Waals surface area contributed by atoms with Crippen LogP contribution in [0.5, 0.6) is 0 Å². The van der Waals surface area contributed by atoms with E-state index >= 15 is 0 Å². The smallest absolute Gasteiger partial charge is 0.110 e. The molecule has 0 unspecified atom stereocenters. The number of aryl methyl sites for hydroxylation is 1. The summed E-state index contributed by atoms with van der Waals surface area (Å²) in [5, 5.41) is 0.558. The zero-order valence-corrected chi connectivity index (χ0v) is 8.99. The van der Waals surface area contributed by atoms with Crippen molar-refractivity contribution in [1.82, 2.24) is 9.55 Å². The Morgan fingerprint density at radius 2 is 1.93 bits per heavy atom. The summed E-state index contributed by atoms with van der Waals surface area (Å²) >= 11 is 6.08. The Labute approximate surface area is 92.5 Å². The Hall–Kier alpha value is -1.68. The summed E-state index contributed by atoms with van der Waals surface area (Å²) in [7, 11) is 0. The van der Waals surface area contributed by atoms with Gasteiger partial charge in [0, 0.05) is 12.4 Å². The number of aromatic nitrogens is 2. The Bertz CT molecular complexity index is 504. The zero-order chi connectivity index (χ0) is 11.0. The molecule has 0 saturated carbocycles. The van der Waals surface area contributed by atoms with E-state index in [0.29, 0.717) is 16.4 Å². The molecule has 0 spiro atoms. The normalized spacial score (nSPS) is 10.5. The van der Waals surface area contributed by atoms with Gasteiger partial charge in [0.2, 0.25) is 0 Å². The molecule has 2 aromatic rings. The number of hydrogen-bond acceptors (Lipinski definition) is 3. The number of anilines is 2. The molecular weight excluding hydrogens is 212 g/mol. The maximum absolute atomic E-state index is 6.08. The molecule has 0 aliphatic carbocycles. The Morgan fingerprint density at radius 1 is 1.27 bits per heavy atom. The van der Waals surface area contributed by atoms with E-state index in [9.17, 15) is 0 Å². The van der Waals surface area contributed by atoms with Crippen molar-refractivity contribution in [2.45, 2.75) is 6.92 Å². The Morgan fingerprint density at radius 3 is 2.53 bits per heavy atom. The van der Waals surface area contributed by atoms with Crippen molar-refractivity contribution in [2.75, 3.05) is 11.5 Å². The van der Waals surface area contributed by atoms with Gasteiger partial charge in [-0.25, -0.2) is 4.98 Å². The van der Waals surface area contributed by atoms with Gasteiger partial charge in [0.1, 0.15) is 5.82 Å². The number of nitrogens with two attached hydrogens (primary N) is 2. The maximum Gasteiger partial charge on any atom is 0.110 e. The van der Waals surface area contributed by atoms with Crippen molar-refractivity contribution in [3.63, 3.8) is 0 Å². The predicted octanol–water partition coefficient (Wildman–Crippen LogP) is 2.00. The van der Waals surface area contributed by atoms with Gasteiger partial charge in [-0.2, -0.15) is 0 Å². The van der Waals surface area contributed by atoms with Gasteiger partial charge in [0.05, 0.1) is 22.1 Å². The largest absolute Gasteiger partial charge is 0.397 e. The van der Waals surface area contributed by atoms with Gasteiger partial charge in [0.25, 0.3) is 0 Å². The summed E-state index contributed by atoms with van der Waals surface area (Å²) < 4.78 is 1.86. The fourth-order valence-corrected chi connectivity index (χ4v) is 1.67. The number of hydrogen-bond donors (Lipinski definition) is 2. The second-order valence-corrected chi connectivity index (χ2v) is 3.68. The molecule has 1 heterocycles. The molecule has 0 bridgehead atoms. The Kier molecular flexibility index (Phi) is 2.28. The highest BCUT2D eigenvalue weighted by atomic mass is 35.5. The molecule has 4 nitrogen and oxygen atoms in total. The summed E-state index contributed by atoms with van der Waals surface area (Å²) in [5.74, 6) is 0.848. The second-order valence-electron chi connectivity index (χ2n) is 3.28. The van der Waals surface area contributed by atoms with Gasteiger partial charge in [-0.05, 0) is 19.1 Å². The lowest BCUT2D eigenvalue weighted by molar-refractivity contribution is 0.976. The van der Waals surface area contributed by atoms with E-state index in [1.54, 1.807) is 18.3 Å². The van der Waals surface area contributed by atoms with Gasteiger partial charge >= 0.3 is 0 Å². The van der Waals surface area contributed by atoms with Crippen LogP contribution in [-0.4, -0.2) is 9.55 Å². The van der Waals surface area contributed by atoms with E-state index in [2.05, 4.69) is 4.98 Å². The van der Waals surface area contributed by atoms with Crippen LogP contribution in [0.25, 0.3) is 5.69 Å². The molecule has 0 saturated heterocycles. The minimum Gasteiger partial charge on any atom is -0.397 e. The van der Waals surface area contributed by atoms with E-state index in [-0.39, 0.29) is 0 Å². The van der Waals surface area contributed by atoms with Crippen molar-refractivity contribution in [3.8, 4) is 5.69 Å². The summed E-state index contributed by atoms with van der Waals surface area (Å²) in [4.78, 5) is 4.12. The first kappa shape index (κ1) is 9.86. The lowest BCUT2D eigenvalue weighted by Gasteiger charge is -2.10. The van der Waals surface area contributed by atoms with Gasteiger partial charge < -0.3 is 16.0 Å². The summed E-state index contributed by atoms with van der Waals surface area (Å²) in [5.41, 5.74) is 13.2. The molecule has 0 fully saturated rings. The van der Waals surface area contributed by atoms with E-state index in [1.165, 1.54) is 0 Å².